The molecular formula is C17H19BrN6. The Labute approximate surface area is 149 Å². The summed E-state index contributed by atoms with van der Waals surface area (Å²) in [7, 11) is 4.11. The molecule has 1 aromatic carbocycles. The number of halogens is 1. The van der Waals surface area contributed by atoms with Crippen LogP contribution < -0.4 is 10.6 Å². The average molecular weight is 387 g/mol. The number of nitrogens with zero attached hydrogens (tertiary/aromatic N) is 4. The lowest BCUT2D eigenvalue weighted by atomic mass is 10.2. The third kappa shape index (κ3) is 3.80. The fourth-order valence-electron chi connectivity index (χ4n) is 2.34. The number of hydrogen-bond acceptors (Lipinski definition) is 6. The molecule has 3 aromatic rings. The van der Waals surface area contributed by atoms with Gasteiger partial charge in [-0.2, -0.15) is 0 Å². The van der Waals surface area contributed by atoms with Gasteiger partial charge in [-0.05, 0) is 48.2 Å². The van der Waals surface area contributed by atoms with Crippen molar-refractivity contribution in [2.45, 2.75) is 0 Å². The average Bonchev–Trinajstić information content (AvgIpc) is 2.57. The molecule has 0 aliphatic heterocycles. The number of pyridine rings is 1. The first-order valence-corrected chi connectivity index (χ1v) is 8.43. The molecule has 6 nitrogen and oxygen atoms in total. The first kappa shape index (κ1) is 16.6. The Hall–Kier alpha value is -2.25. The molecule has 0 fully saturated rings. The molecule has 0 saturated carbocycles. The maximum atomic E-state index is 4.37. The quantitative estimate of drug-likeness (QED) is 0.675. The van der Waals surface area contributed by atoms with Crippen LogP contribution in [0.1, 0.15) is 0 Å². The molecule has 124 valence electrons. The highest BCUT2D eigenvalue weighted by molar-refractivity contribution is 9.10. The molecule has 24 heavy (non-hydrogen) atoms. The summed E-state index contributed by atoms with van der Waals surface area (Å²) >= 11 is 3.62. The summed E-state index contributed by atoms with van der Waals surface area (Å²) in [5, 5.41) is 7.76. The number of fused-ring (bicyclic) bond motifs is 1. The smallest absolute Gasteiger partial charge is 0.143 e. The van der Waals surface area contributed by atoms with Gasteiger partial charge in [0.05, 0.1) is 22.3 Å². The standard InChI is InChI=1S/C17H19BrN6/c1-24(2)9-8-20-16-13(18)4-3-5-15(16)23-17-12-10-19-7-6-14(12)21-11-22-17/h3-7,10-11,20H,8-9H2,1-2H3,(H,21,22,23). The summed E-state index contributed by atoms with van der Waals surface area (Å²) in [6.07, 6.45) is 5.06. The van der Waals surface area contributed by atoms with E-state index in [1.54, 1.807) is 18.7 Å². The van der Waals surface area contributed by atoms with E-state index in [1.807, 2.05) is 24.3 Å². The SMILES string of the molecule is CN(C)CCNc1c(Br)cccc1Nc1ncnc2ccncc12. The Kier molecular flexibility index (Phi) is 5.22. The third-order valence-electron chi connectivity index (χ3n) is 3.56. The van der Waals surface area contributed by atoms with Crippen LogP contribution in [0.5, 0.6) is 0 Å². The monoisotopic (exact) mass is 386 g/mol. The van der Waals surface area contributed by atoms with E-state index in [2.05, 4.69) is 60.5 Å². The van der Waals surface area contributed by atoms with Gasteiger partial charge in [0.25, 0.3) is 0 Å². The fraction of sp³-hybridized carbons (Fsp3) is 0.235. The van der Waals surface area contributed by atoms with Crippen molar-refractivity contribution in [1.82, 2.24) is 19.9 Å². The van der Waals surface area contributed by atoms with Crippen LogP contribution in [0.15, 0.2) is 47.5 Å². The third-order valence-corrected chi connectivity index (χ3v) is 4.23. The summed E-state index contributed by atoms with van der Waals surface area (Å²) in [5.74, 6) is 0.738. The van der Waals surface area contributed by atoms with Gasteiger partial charge in [0, 0.05) is 30.0 Å². The number of likely N-dealkylation sites (N-methyl/N-ethyl adjacent to an activating group) is 1. The Morgan fingerprint density at radius 1 is 1.17 bits per heavy atom. The van der Waals surface area contributed by atoms with Crippen molar-refractivity contribution < 1.29 is 0 Å². The Bertz CT molecular complexity index is 831. The minimum atomic E-state index is 0.738. The molecule has 0 radical (unpaired) electrons. The van der Waals surface area contributed by atoms with Gasteiger partial charge in [0.15, 0.2) is 0 Å². The molecule has 3 rings (SSSR count). The first-order chi connectivity index (χ1) is 11.6. The molecule has 7 heteroatoms. The molecule has 0 unspecified atom stereocenters. The van der Waals surface area contributed by atoms with Crippen LogP contribution in [0, 0.1) is 0 Å². The first-order valence-electron chi connectivity index (χ1n) is 7.64. The van der Waals surface area contributed by atoms with Crippen molar-refractivity contribution in [2.75, 3.05) is 37.8 Å². The number of para-hydroxylation sites is 1. The van der Waals surface area contributed by atoms with Crippen molar-refractivity contribution in [3.05, 3.63) is 47.5 Å². The van der Waals surface area contributed by atoms with Gasteiger partial charge in [-0.15, -0.1) is 0 Å². The van der Waals surface area contributed by atoms with Crippen LogP contribution in [-0.4, -0.2) is 47.0 Å². The number of benzene rings is 1. The molecular weight excluding hydrogens is 368 g/mol. The zero-order chi connectivity index (χ0) is 16.9. The van der Waals surface area contributed by atoms with Gasteiger partial charge in [0.1, 0.15) is 12.1 Å². The minimum Gasteiger partial charge on any atom is -0.381 e. The maximum absolute atomic E-state index is 4.37. The Morgan fingerprint density at radius 2 is 2.04 bits per heavy atom. The van der Waals surface area contributed by atoms with Crippen LogP contribution >= 0.6 is 15.9 Å². The molecule has 0 amide bonds. The maximum Gasteiger partial charge on any atom is 0.143 e. The molecule has 2 N–H and O–H groups in total. The normalized spacial score (nSPS) is 11.0. The summed E-state index contributed by atoms with van der Waals surface area (Å²) in [5.41, 5.74) is 2.82. The van der Waals surface area contributed by atoms with Crippen LogP contribution in [-0.2, 0) is 0 Å². The summed E-state index contributed by atoms with van der Waals surface area (Å²) in [4.78, 5) is 15.0. The highest BCUT2D eigenvalue weighted by Crippen LogP contribution is 2.33. The van der Waals surface area contributed by atoms with Crippen molar-refractivity contribution in [3.63, 3.8) is 0 Å². The Morgan fingerprint density at radius 3 is 2.88 bits per heavy atom. The minimum absolute atomic E-state index is 0.738. The van der Waals surface area contributed by atoms with Crippen molar-refractivity contribution in [2.24, 2.45) is 0 Å². The van der Waals surface area contributed by atoms with Crippen molar-refractivity contribution >= 4 is 44.0 Å². The van der Waals surface area contributed by atoms with E-state index in [1.165, 1.54) is 0 Å². The number of hydrogen-bond donors (Lipinski definition) is 2. The fourth-order valence-corrected chi connectivity index (χ4v) is 2.85. The lowest BCUT2D eigenvalue weighted by Gasteiger charge is -2.17. The number of rotatable bonds is 6. The predicted molar refractivity (Wildman–Crippen MR) is 102 cm³/mol. The molecule has 0 aliphatic carbocycles. The molecule has 0 saturated heterocycles. The van der Waals surface area contributed by atoms with Gasteiger partial charge in [-0.3, -0.25) is 4.98 Å². The van der Waals surface area contributed by atoms with Crippen LogP contribution in [0.4, 0.5) is 17.2 Å². The second kappa shape index (κ2) is 7.55. The molecule has 0 bridgehead atoms. The van der Waals surface area contributed by atoms with Gasteiger partial charge >= 0.3 is 0 Å². The van der Waals surface area contributed by atoms with E-state index in [4.69, 9.17) is 0 Å². The zero-order valence-electron chi connectivity index (χ0n) is 13.6. The number of aromatic nitrogens is 3. The van der Waals surface area contributed by atoms with Crippen molar-refractivity contribution in [3.8, 4) is 0 Å². The highest BCUT2D eigenvalue weighted by Gasteiger charge is 2.10. The van der Waals surface area contributed by atoms with Crippen LogP contribution in [0.25, 0.3) is 10.9 Å². The van der Waals surface area contributed by atoms with E-state index >= 15 is 0 Å². The van der Waals surface area contributed by atoms with Gasteiger partial charge in [-0.1, -0.05) is 6.07 Å². The predicted octanol–water partition coefficient (Wildman–Crippen LogP) is 3.50. The van der Waals surface area contributed by atoms with Crippen LogP contribution in [0.3, 0.4) is 0 Å². The molecule has 0 aliphatic rings. The zero-order valence-corrected chi connectivity index (χ0v) is 15.2. The highest BCUT2D eigenvalue weighted by atomic mass is 79.9. The second-order valence-corrected chi connectivity index (χ2v) is 6.49. The van der Waals surface area contributed by atoms with E-state index in [0.29, 0.717) is 0 Å². The van der Waals surface area contributed by atoms with Crippen LogP contribution in [0.2, 0.25) is 0 Å². The summed E-state index contributed by atoms with van der Waals surface area (Å²) < 4.78 is 1.00. The summed E-state index contributed by atoms with van der Waals surface area (Å²) in [6, 6.07) is 7.90. The molecule has 0 atom stereocenters. The van der Waals surface area contributed by atoms with Crippen molar-refractivity contribution in [1.29, 1.82) is 0 Å². The molecule has 2 heterocycles. The van der Waals surface area contributed by atoms with E-state index in [9.17, 15) is 0 Å². The topological polar surface area (TPSA) is 66.0 Å². The number of anilines is 3. The molecule has 0 spiro atoms. The van der Waals surface area contributed by atoms with Gasteiger partial charge < -0.3 is 15.5 Å². The number of nitrogens with one attached hydrogen (secondary N) is 2. The summed E-state index contributed by atoms with van der Waals surface area (Å²) in [6.45, 7) is 1.79. The van der Waals surface area contributed by atoms with E-state index in [-0.39, 0.29) is 0 Å². The van der Waals surface area contributed by atoms with E-state index in [0.717, 1.165) is 45.7 Å². The van der Waals surface area contributed by atoms with Gasteiger partial charge in [-0.25, -0.2) is 9.97 Å². The van der Waals surface area contributed by atoms with E-state index < -0.39 is 0 Å². The second-order valence-electron chi connectivity index (χ2n) is 5.63. The lowest BCUT2D eigenvalue weighted by molar-refractivity contribution is 0.425. The molecule has 2 aromatic heterocycles. The Balaban J connectivity index is 1.90. The largest absolute Gasteiger partial charge is 0.381 e. The van der Waals surface area contributed by atoms with Gasteiger partial charge in [0.2, 0.25) is 0 Å². The lowest BCUT2D eigenvalue weighted by Crippen LogP contribution is -2.21.